The Bertz CT molecular complexity index is 394. The molecule has 0 aliphatic carbocycles. The second-order valence-electron chi connectivity index (χ2n) is 3.48. The number of hydrogen-bond acceptors (Lipinski definition) is 3. The van der Waals surface area contributed by atoms with Gasteiger partial charge in [0, 0.05) is 11.8 Å². The van der Waals surface area contributed by atoms with E-state index in [1.54, 1.807) is 6.07 Å². The smallest absolute Gasteiger partial charge is 0.103 e. The van der Waals surface area contributed by atoms with Gasteiger partial charge in [-0.05, 0) is 24.3 Å². The summed E-state index contributed by atoms with van der Waals surface area (Å²) >= 11 is 7.89. The van der Waals surface area contributed by atoms with Crippen molar-refractivity contribution in [3.63, 3.8) is 0 Å². The SMILES string of the molecule is N#Cc1c(Cl)cccc1N[C@@H]1CCSC1. The van der Waals surface area contributed by atoms with Crippen LogP contribution in [-0.2, 0) is 0 Å². The van der Waals surface area contributed by atoms with E-state index in [9.17, 15) is 0 Å². The quantitative estimate of drug-likeness (QED) is 0.860. The summed E-state index contributed by atoms with van der Waals surface area (Å²) in [6.07, 6.45) is 1.15. The molecule has 78 valence electrons. The van der Waals surface area contributed by atoms with Crippen molar-refractivity contribution in [3.05, 3.63) is 28.8 Å². The van der Waals surface area contributed by atoms with Crippen LogP contribution in [0.4, 0.5) is 5.69 Å². The van der Waals surface area contributed by atoms with Crippen LogP contribution >= 0.6 is 23.4 Å². The Hall–Kier alpha value is -0.850. The van der Waals surface area contributed by atoms with Crippen LogP contribution in [0, 0.1) is 11.3 Å². The maximum atomic E-state index is 8.99. The Labute approximate surface area is 98.6 Å². The van der Waals surface area contributed by atoms with E-state index in [4.69, 9.17) is 16.9 Å². The Balaban J connectivity index is 2.20. The van der Waals surface area contributed by atoms with Gasteiger partial charge < -0.3 is 5.32 Å². The lowest BCUT2D eigenvalue weighted by Crippen LogP contribution is -2.18. The van der Waals surface area contributed by atoms with Crippen LogP contribution in [-0.4, -0.2) is 17.5 Å². The largest absolute Gasteiger partial charge is 0.380 e. The molecule has 1 N–H and O–H groups in total. The number of nitriles is 1. The highest BCUT2D eigenvalue weighted by atomic mass is 35.5. The summed E-state index contributed by atoms with van der Waals surface area (Å²) in [6, 6.07) is 8.13. The molecule has 0 aromatic heterocycles. The van der Waals surface area contributed by atoms with Gasteiger partial charge >= 0.3 is 0 Å². The van der Waals surface area contributed by atoms with Crippen LogP contribution in [0.3, 0.4) is 0 Å². The summed E-state index contributed by atoms with van der Waals surface area (Å²) < 4.78 is 0. The van der Waals surface area contributed by atoms with Crippen molar-refractivity contribution in [1.82, 2.24) is 0 Å². The monoisotopic (exact) mass is 238 g/mol. The molecule has 2 rings (SSSR count). The van der Waals surface area contributed by atoms with Crippen LogP contribution in [0.25, 0.3) is 0 Å². The second kappa shape index (κ2) is 4.78. The highest BCUT2D eigenvalue weighted by Gasteiger charge is 2.16. The summed E-state index contributed by atoms with van der Waals surface area (Å²) in [5, 5.41) is 12.9. The van der Waals surface area contributed by atoms with Crippen LogP contribution in [0.2, 0.25) is 5.02 Å². The molecule has 15 heavy (non-hydrogen) atoms. The maximum Gasteiger partial charge on any atom is 0.103 e. The zero-order valence-corrected chi connectivity index (χ0v) is 9.74. The lowest BCUT2D eigenvalue weighted by Gasteiger charge is -2.14. The minimum Gasteiger partial charge on any atom is -0.380 e. The summed E-state index contributed by atoms with van der Waals surface area (Å²) in [5.41, 5.74) is 1.41. The number of benzene rings is 1. The second-order valence-corrected chi connectivity index (χ2v) is 5.04. The number of halogens is 1. The average molecular weight is 239 g/mol. The molecule has 1 heterocycles. The van der Waals surface area contributed by atoms with Crippen molar-refractivity contribution in [3.8, 4) is 6.07 Å². The van der Waals surface area contributed by atoms with Gasteiger partial charge in [0.2, 0.25) is 0 Å². The molecule has 1 fully saturated rings. The number of rotatable bonds is 2. The summed E-state index contributed by atoms with van der Waals surface area (Å²) in [5.74, 6) is 2.30. The standard InChI is InChI=1S/C11H11ClN2S/c12-10-2-1-3-11(9(10)6-13)14-8-4-5-15-7-8/h1-3,8,14H,4-5,7H2/t8-/m1/s1. The van der Waals surface area contributed by atoms with E-state index in [0.29, 0.717) is 16.6 Å². The van der Waals surface area contributed by atoms with Gasteiger partial charge in [-0.15, -0.1) is 0 Å². The molecule has 4 heteroatoms. The fourth-order valence-electron chi connectivity index (χ4n) is 1.63. The van der Waals surface area contributed by atoms with E-state index in [-0.39, 0.29) is 0 Å². The van der Waals surface area contributed by atoms with Crippen molar-refractivity contribution in [2.75, 3.05) is 16.8 Å². The first-order chi connectivity index (χ1) is 7.31. The Morgan fingerprint density at radius 1 is 1.53 bits per heavy atom. The highest BCUT2D eigenvalue weighted by Crippen LogP contribution is 2.27. The first-order valence-electron chi connectivity index (χ1n) is 4.84. The Morgan fingerprint density at radius 3 is 3.07 bits per heavy atom. The lowest BCUT2D eigenvalue weighted by atomic mass is 10.1. The fraction of sp³-hybridized carbons (Fsp3) is 0.364. The van der Waals surface area contributed by atoms with E-state index in [0.717, 1.165) is 17.9 Å². The van der Waals surface area contributed by atoms with Crippen LogP contribution in [0.15, 0.2) is 18.2 Å². The molecule has 1 saturated heterocycles. The zero-order chi connectivity index (χ0) is 10.7. The molecule has 1 aromatic rings. The number of thioether (sulfide) groups is 1. The van der Waals surface area contributed by atoms with Gasteiger partial charge in [-0.2, -0.15) is 17.0 Å². The van der Waals surface area contributed by atoms with E-state index < -0.39 is 0 Å². The number of nitrogens with one attached hydrogen (secondary N) is 1. The molecule has 1 aliphatic rings. The van der Waals surface area contributed by atoms with Crippen LogP contribution in [0.1, 0.15) is 12.0 Å². The summed E-state index contributed by atoms with van der Waals surface area (Å²) in [4.78, 5) is 0. The number of nitrogens with zero attached hydrogens (tertiary/aromatic N) is 1. The van der Waals surface area contributed by atoms with E-state index in [1.165, 1.54) is 5.75 Å². The lowest BCUT2D eigenvalue weighted by molar-refractivity contribution is 0.812. The molecular weight excluding hydrogens is 228 g/mol. The van der Waals surface area contributed by atoms with Crippen molar-refractivity contribution in [1.29, 1.82) is 5.26 Å². The molecule has 0 spiro atoms. The van der Waals surface area contributed by atoms with Gasteiger partial charge in [0.25, 0.3) is 0 Å². The Morgan fingerprint density at radius 2 is 2.40 bits per heavy atom. The predicted molar refractivity (Wildman–Crippen MR) is 65.5 cm³/mol. The van der Waals surface area contributed by atoms with E-state index >= 15 is 0 Å². The maximum absolute atomic E-state index is 8.99. The molecule has 0 saturated carbocycles. The predicted octanol–water partition coefficient (Wildman–Crippen LogP) is 3.13. The molecule has 2 nitrogen and oxygen atoms in total. The minimum atomic E-state index is 0.473. The third-order valence-corrected chi connectivity index (χ3v) is 3.89. The fourth-order valence-corrected chi connectivity index (χ4v) is 3.00. The average Bonchev–Trinajstić information content (AvgIpc) is 2.71. The van der Waals surface area contributed by atoms with Gasteiger partial charge in [-0.3, -0.25) is 0 Å². The minimum absolute atomic E-state index is 0.473. The molecule has 0 bridgehead atoms. The molecule has 1 aromatic carbocycles. The first kappa shape index (κ1) is 10.7. The van der Waals surface area contributed by atoms with E-state index in [2.05, 4.69) is 11.4 Å². The third kappa shape index (κ3) is 2.39. The summed E-state index contributed by atoms with van der Waals surface area (Å²) in [6.45, 7) is 0. The van der Waals surface area contributed by atoms with Gasteiger partial charge in [-0.1, -0.05) is 17.7 Å². The highest BCUT2D eigenvalue weighted by molar-refractivity contribution is 7.99. The molecule has 1 atom stereocenters. The molecular formula is C11H11ClN2S. The topological polar surface area (TPSA) is 35.8 Å². The normalized spacial score (nSPS) is 19.9. The van der Waals surface area contributed by atoms with Crippen LogP contribution in [0.5, 0.6) is 0 Å². The number of anilines is 1. The van der Waals surface area contributed by atoms with Gasteiger partial charge in [0.15, 0.2) is 0 Å². The van der Waals surface area contributed by atoms with Gasteiger partial charge in [0.1, 0.15) is 6.07 Å². The van der Waals surface area contributed by atoms with Gasteiger partial charge in [0.05, 0.1) is 16.3 Å². The molecule has 0 radical (unpaired) electrons. The molecule has 1 aliphatic heterocycles. The third-order valence-electron chi connectivity index (χ3n) is 2.41. The number of hydrogen-bond donors (Lipinski definition) is 1. The summed E-state index contributed by atoms with van der Waals surface area (Å²) in [7, 11) is 0. The molecule has 0 unspecified atom stereocenters. The molecule has 0 amide bonds. The van der Waals surface area contributed by atoms with Crippen molar-refractivity contribution in [2.45, 2.75) is 12.5 Å². The van der Waals surface area contributed by atoms with Crippen molar-refractivity contribution in [2.24, 2.45) is 0 Å². The zero-order valence-electron chi connectivity index (χ0n) is 8.16. The first-order valence-corrected chi connectivity index (χ1v) is 6.37. The Kier molecular flexibility index (Phi) is 3.40. The van der Waals surface area contributed by atoms with Crippen LogP contribution < -0.4 is 5.32 Å². The van der Waals surface area contributed by atoms with Crippen molar-refractivity contribution < 1.29 is 0 Å². The van der Waals surface area contributed by atoms with Crippen molar-refractivity contribution >= 4 is 29.1 Å². The van der Waals surface area contributed by atoms with Gasteiger partial charge in [-0.25, -0.2) is 0 Å². The van der Waals surface area contributed by atoms with E-state index in [1.807, 2.05) is 23.9 Å².